The van der Waals surface area contributed by atoms with Crippen LogP contribution >= 0.6 is 12.6 Å². The van der Waals surface area contributed by atoms with Crippen LogP contribution in [0, 0.1) is 5.41 Å². The van der Waals surface area contributed by atoms with Gasteiger partial charge in [-0.15, -0.1) is 12.6 Å². The molecule has 1 saturated heterocycles. The van der Waals surface area contributed by atoms with E-state index in [9.17, 15) is 27.6 Å². The van der Waals surface area contributed by atoms with Crippen molar-refractivity contribution >= 4 is 36.2 Å². The van der Waals surface area contributed by atoms with Crippen molar-refractivity contribution < 1.29 is 32.3 Å². The predicted molar refractivity (Wildman–Crippen MR) is 111 cm³/mol. The fraction of sp³-hybridized carbons (Fsp3) is 0.444. The number of nitrogens with two attached hydrogens (primary N) is 1. The maximum absolute atomic E-state index is 12.5. The van der Waals surface area contributed by atoms with Crippen LogP contribution in [0.25, 0.3) is 0 Å². The normalized spacial score (nSPS) is 19.5. The Morgan fingerprint density at radius 1 is 1.28 bits per heavy atom. The summed E-state index contributed by atoms with van der Waals surface area (Å²) in [5.74, 6) is 1.59. The van der Waals surface area contributed by atoms with Crippen molar-refractivity contribution in [2.24, 2.45) is 5.84 Å². The van der Waals surface area contributed by atoms with Gasteiger partial charge in [0, 0.05) is 18.7 Å². The lowest BCUT2D eigenvalue weighted by Gasteiger charge is -2.36. The van der Waals surface area contributed by atoms with E-state index in [4.69, 9.17) is 16.0 Å². The van der Waals surface area contributed by atoms with Crippen molar-refractivity contribution in [2.75, 3.05) is 26.3 Å². The van der Waals surface area contributed by atoms with Crippen LogP contribution < -0.4 is 21.9 Å². The third kappa shape index (κ3) is 6.58. The fourth-order valence-electron chi connectivity index (χ4n) is 3.02. The molecule has 10 nitrogen and oxygen atoms in total. The van der Waals surface area contributed by atoms with E-state index in [1.54, 1.807) is 0 Å². The van der Waals surface area contributed by atoms with Gasteiger partial charge in [0.25, 0.3) is 5.91 Å². The molecule has 0 aromatic rings. The van der Waals surface area contributed by atoms with Gasteiger partial charge in [-0.3, -0.25) is 25.6 Å². The maximum Gasteiger partial charge on any atom is 0.471 e. The van der Waals surface area contributed by atoms with Gasteiger partial charge in [-0.25, -0.2) is 0 Å². The number of hydrogen-bond acceptors (Lipinski definition) is 8. The Balaban J connectivity index is 1.96. The first-order valence-electron chi connectivity index (χ1n) is 9.43. The quantitative estimate of drug-likeness (QED) is 0.0785. The molecule has 1 atom stereocenters. The van der Waals surface area contributed by atoms with Crippen LogP contribution in [0.2, 0.25) is 0 Å². The zero-order valence-corrected chi connectivity index (χ0v) is 17.7. The summed E-state index contributed by atoms with van der Waals surface area (Å²) in [7, 11) is 0. The molecule has 1 fully saturated rings. The molecule has 2 aliphatic rings. The van der Waals surface area contributed by atoms with Crippen molar-refractivity contribution in [3.8, 4) is 0 Å². The number of nitrogens with one attached hydrogen (secondary N) is 4. The molecule has 1 heterocycles. The van der Waals surface area contributed by atoms with Crippen LogP contribution in [0.4, 0.5) is 13.2 Å². The molecule has 0 aromatic carbocycles. The molecule has 3 amide bonds. The first kappa shape index (κ1) is 25.4. The smallest absolute Gasteiger partial charge is 0.377 e. The summed E-state index contributed by atoms with van der Waals surface area (Å²) in [6.45, 7) is 0.929. The summed E-state index contributed by atoms with van der Waals surface area (Å²) in [5, 5.41) is 13.0. The van der Waals surface area contributed by atoms with E-state index in [-0.39, 0.29) is 37.3 Å². The number of alkyl halides is 3. The van der Waals surface area contributed by atoms with Gasteiger partial charge in [0.1, 0.15) is 11.5 Å². The topological polar surface area (TPSA) is 150 Å². The first-order valence-corrected chi connectivity index (χ1v) is 9.94. The Hall–Kier alpha value is -2.84. The highest BCUT2D eigenvalue weighted by Gasteiger charge is 2.39. The number of hydrazine groups is 1. The SMILES string of the molecule is N=C(NC(=O)C(F)(F)F)C1=CC=C(C(=O)NCC2COCCN2C(=O)/C(=C/S)NN)CC1. The predicted octanol–water partition coefficient (Wildman–Crippen LogP) is -0.133. The number of amides is 3. The van der Waals surface area contributed by atoms with Crippen molar-refractivity contribution in [1.82, 2.24) is 21.0 Å². The average molecular weight is 476 g/mol. The Morgan fingerprint density at radius 3 is 2.50 bits per heavy atom. The zero-order valence-electron chi connectivity index (χ0n) is 16.8. The number of halogens is 3. The molecule has 0 aromatic heterocycles. The Labute approximate surface area is 187 Å². The molecule has 1 unspecified atom stereocenters. The number of allylic oxidation sites excluding steroid dienone is 2. The summed E-state index contributed by atoms with van der Waals surface area (Å²) in [6, 6.07) is -0.446. The molecule has 14 heteroatoms. The first-order chi connectivity index (χ1) is 15.1. The molecule has 2 rings (SSSR count). The van der Waals surface area contributed by atoms with E-state index in [1.807, 2.05) is 0 Å². The van der Waals surface area contributed by atoms with Gasteiger partial charge in [-0.05, 0) is 23.8 Å². The molecular formula is C18H23F3N6O4S. The number of carbonyl (C=O) groups is 3. The minimum absolute atomic E-state index is 0.0827. The number of amidine groups is 1. The molecule has 0 saturated carbocycles. The molecule has 1 aliphatic carbocycles. The third-order valence-corrected chi connectivity index (χ3v) is 5.02. The van der Waals surface area contributed by atoms with Crippen LogP contribution in [0.15, 0.2) is 34.4 Å². The van der Waals surface area contributed by atoms with E-state index in [0.717, 1.165) is 0 Å². The largest absolute Gasteiger partial charge is 0.471 e. The number of hydrogen-bond donors (Lipinski definition) is 6. The number of ether oxygens (including phenoxy) is 1. The second-order valence-electron chi connectivity index (χ2n) is 6.84. The maximum atomic E-state index is 12.5. The number of rotatable bonds is 6. The number of carbonyl (C=O) groups excluding carboxylic acids is 3. The number of morpholine rings is 1. The van der Waals surface area contributed by atoms with Crippen molar-refractivity contribution in [3.05, 3.63) is 34.4 Å². The minimum Gasteiger partial charge on any atom is -0.377 e. The minimum atomic E-state index is -5.09. The monoisotopic (exact) mass is 476 g/mol. The summed E-state index contributed by atoms with van der Waals surface area (Å²) >= 11 is 3.93. The standard InChI is InChI=1S/C18H23F3N6O4S/c19-18(20,21)17(30)25-14(22)10-1-3-11(4-2-10)15(28)24-7-12-8-31-6-5-27(12)16(29)13(9-32)26-23/h1,3,9,12,26,32H,2,4-8,23H2,(H,24,28)(H2,22,25,30)/b13-9-. The van der Waals surface area contributed by atoms with Crippen molar-refractivity contribution in [2.45, 2.75) is 25.1 Å². The lowest BCUT2D eigenvalue weighted by molar-refractivity contribution is -0.171. The highest BCUT2D eigenvalue weighted by molar-refractivity contribution is 7.83. The van der Waals surface area contributed by atoms with Crippen LogP contribution in [-0.4, -0.2) is 67.0 Å². The van der Waals surface area contributed by atoms with Crippen molar-refractivity contribution in [3.63, 3.8) is 0 Å². The van der Waals surface area contributed by atoms with Gasteiger partial charge >= 0.3 is 12.1 Å². The molecule has 0 spiro atoms. The molecule has 6 N–H and O–H groups in total. The van der Waals surface area contributed by atoms with Gasteiger partial charge in [0.15, 0.2) is 0 Å². The Morgan fingerprint density at radius 2 is 1.94 bits per heavy atom. The third-order valence-electron chi connectivity index (χ3n) is 4.76. The van der Waals surface area contributed by atoms with E-state index in [2.05, 4.69) is 23.4 Å². The van der Waals surface area contributed by atoms with E-state index in [1.165, 1.54) is 27.8 Å². The highest BCUT2D eigenvalue weighted by Crippen LogP contribution is 2.20. The van der Waals surface area contributed by atoms with Crippen LogP contribution in [0.1, 0.15) is 12.8 Å². The lowest BCUT2D eigenvalue weighted by Crippen LogP contribution is -2.55. The second-order valence-corrected chi connectivity index (χ2v) is 7.09. The van der Waals surface area contributed by atoms with Gasteiger partial charge in [-0.2, -0.15) is 13.2 Å². The van der Waals surface area contributed by atoms with Crippen LogP contribution in [0.5, 0.6) is 0 Å². The lowest BCUT2D eigenvalue weighted by atomic mass is 9.97. The van der Waals surface area contributed by atoms with E-state index in [0.29, 0.717) is 18.7 Å². The average Bonchev–Trinajstić information content (AvgIpc) is 2.77. The van der Waals surface area contributed by atoms with Gasteiger partial charge in [-0.1, -0.05) is 12.2 Å². The van der Waals surface area contributed by atoms with Gasteiger partial charge < -0.3 is 25.7 Å². The molecule has 1 aliphatic heterocycles. The summed E-state index contributed by atoms with van der Waals surface area (Å²) in [6.07, 6.45) is -2.14. The highest BCUT2D eigenvalue weighted by atomic mass is 32.1. The Bertz CT molecular complexity index is 871. The van der Waals surface area contributed by atoms with E-state index < -0.39 is 35.8 Å². The number of thiol groups is 1. The van der Waals surface area contributed by atoms with E-state index >= 15 is 0 Å². The molecular weight excluding hydrogens is 453 g/mol. The summed E-state index contributed by atoms with van der Waals surface area (Å²) in [4.78, 5) is 37.4. The number of nitrogens with zero attached hydrogens (tertiary/aromatic N) is 1. The fourth-order valence-corrected chi connectivity index (χ4v) is 3.21. The second kappa shape index (κ2) is 11.2. The van der Waals surface area contributed by atoms with Gasteiger partial charge in [0.05, 0.1) is 19.3 Å². The summed E-state index contributed by atoms with van der Waals surface area (Å²) in [5.41, 5.74) is 2.85. The molecule has 0 radical (unpaired) electrons. The molecule has 32 heavy (non-hydrogen) atoms. The van der Waals surface area contributed by atoms with Crippen molar-refractivity contribution in [1.29, 1.82) is 5.41 Å². The zero-order chi connectivity index (χ0) is 23.9. The van der Waals surface area contributed by atoms with Gasteiger partial charge in [0.2, 0.25) is 5.91 Å². The molecule has 0 bridgehead atoms. The van der Waals surface area contributed by atoms with Crippen LogP contribution in [-0.2, 0) is 19.1 Å². The Kier molecular flexibility index (Phi) is 8.86. The van der Waals surface area contributed by atoms with Crippen LogP contribution in [0.3, 0.4) is 0 Å². The molecule has 176 valence electrons. The summed E-state index contributed by atoms with van der Waals surface area (Å²) < 4.78 is 42.3.